The van der Waals surface area contributed by atoms with E-state index in [4.69, 9.17) is 5.73 Å². The molecule has 2 rings (SSSR count). The lowest BCUT2D eigenvalue weighted by Crippen LogP contribution is -2.47. The summed E-state index contributed by atoms with van der Waals surface area (Å²) >= 11 is 0. The highest BCUT2D eigenvalue weighted by atomic mass is 16.1. The fourth-order valence-electron chi connectivity index (χ4n) is 3.64. The van der Waals surface area contributed by atoms with Crippen molar-refractivity contribution in [2.45, 2.75) is 70.9 Å². The van der Waals surface area contributed by atoms with Gasteiger partial charge in [-0.1, -0.05) is 20.3 Å². The second-order valence-electron chi connectivity index (χ2n) is 7.48. The van der Waals surface area contributed by atoms with Crippen LogP contribution in [-0.4, -0.2) is 42.5 Å². The van der Waals surface area contributed by atoms with Gasteiger partial charge in [0.15, 0.2) is 0 Å². The summed E-state index contributed by atoms with van der Waals surface area (Å²) in [5, 5.41) is 3.87. The molecule has 4 nitrogen and oxygen atoms in total. The first-order valence-corrected chi connectivity index (χ1v) is 8.21. The normalized spacial score (nSPS) is 29.0. The van der Waals surface area contributed by atoms with Crippen molar-refractivity contribution in [3.05, 3.63) is 0 Å². The summed E-state index contributed by atoms with van der Waals surface area (Å²) < 4.78 is 0. The van der Waals surface area contributed by atoms with Gasteiger partial charge in [0.05, 0.1) is 6.54 Å². The number of nitrogens with one attached hydrogen (secondary N) is 1. The molecular formula is C16H31N3O. The molecule has 1 saturated heterocycles. The average molecular weight is 281 g/mol. The third kappa shape index (κ3) is 5.06. The summed E-state index contributed by atoms with van der Waals surface area (Å²) in [5.41, 5.74) is 5.78. The number of hydrogen-bond acceptors (Lipinski definition) is 3. The first-order valence-electron chi connectivity index (χ1n) is 8.21. The molecule has 20 heavy (non-hydrogen) atoms. The Morgan fingerprint density at radius 3 is 2.45 bits per heavy atom. The number of amides is 1. The van der Waals surface area contributed by atoms with E-state index in [1.54, 1.807) is 0 Å². The SMILES string of the molecule is CC1(C)CCCC(NC2CCN(CC(N)=O)CC2)CC1. The van der Waals surface area contributed by atoms with Crippen LogP contribution >= 0.6 is 0 Å². The molecule has 1 heterocycles. The molecule has 0 aromatic carbocycles. The molecule has 4 heteroatoms. The van der Waals surface area contributed by atoms with Gasteiger partial charge >= 0.3 is 0 Å². The van der Waals surface area contributed by atoms with Crippen LogP contribution in [0, 0.1) is 5.41 Å². The lowest BCUT2D eigenvalue weighted by atomic mass is 9.85. The van der Waals surface area contributed by atoms with Crippen LogP contribution in [0.5, 0.6) is 0 Å². The maximum Gasteiger partial charge on any atom is 0.231 e. The number of hydrogen-bond donors (Lipinski definition) is 2. The van der Waals surface area contributed by atoms with Gasteiger partial charge in [0.1, 0.15) is 0 Å². The highest BCUT2D eigenvalue weighted by Crippen LogP contribution is 2.34. The zero-order valence-corrected chi connectivity index (χ0v) is 13.2. The predicted octanol–water partition coefficient (Wildman–Crippen LogP) is 1.88. The molecule has 0 aromatic heterocycles. The van der Waals surface area contributed by atoms with E-state index in [0.29, 0.717) is 24.0 Å². The van der Waals surface area contributed by atoms with Gasteiger partial charge in [0.2, 0.25) is 5.91 Å². The molecule has 0 spiro atoms. The first-order chi connectivity index (χ1) is 9.44. The summed E-state index contributed by atoms with van der Waals surface area (Å²) in [6.45, 7) is 7.22. The molecule has 2 fully saturated rings. The zero-order chi connectivity index (χ0) is 14.6. The molecule has 1 unspecified atom stereocenters. The molecule has 1 aliphatic carbocycles. The molecule has 3 N–H and O–H groups in total. The standard InChI is InChI=1S/C16H31N3O/c1-16(2)8-3-4-13(5-9-16)18-14-6-10-19(11-7-14)12-15(17)20/h13-14,18H,3-12H2,1-2H3,(H2,17,20). The lowest BCUT2D eigenvalue weighted by molar-refractivity contribution is -0.119. The van der Waals surface area contributed by atoms with Crippen molar-refractivity contribution in [1.29, 1.82) is 0 Å². The van der Waals surface area contributed by atoms with E-state index in [9.17, 15) is 4.79 Å². The van der Waals surface area contributed by atoms with E-state index in [1.165, 1.54) is 32.1 Å². The maximum atomic E-state index is 10.9. The number of nitrogens with zero attached hydrogens (tertiary/aromatic N) is 1. The number of nitrogens with two attached hydrogens (primary N) is 1. The maximum absolute atomic E-state index is 10.9. The van der Waals surface area contributed by atoms with Gasteiger partial charge in [0.25, 0.3) is 0 Å². The molecule has 0 radical (unpaired) electrons. The van der Waals surface area contributed by atoms with Crippen LogP contribution < -0.4 is 11.1 Å². The van der Waals surface area contributed by atoms with Gasteiger partial charge in [-0.25, -0.2) is 0 Å². The van der Waals surface area contributed by atoms with Crippen molar-refractivity contribution in [1.82, 2.24) is 10.2 Å². The molecule has 0 aromatic rings. The lowest BCUT2D eigenvalue weighted by Gasteiger charge is -2.34. The van der Waals surface area contributed by atoms with Gasteiger partial charge in [-0.2, -0.15) is 0 Å². The van der Waals surface area contributed by atoms with E-state index < -0.39 is 0 Å². The third-order valence-corrected chi connectivity index (χ3v) is 5.01. The van der Waals surface area contributed by atoms with E-state index in [1.807, 2.05) is 0 Å². The highest BCUT2D eigenvalue weighted by molar-refractivity contribution is 5.75. The van der Waals surface area contributed by atoms with Crippen LogP contribution in [0.3, 0.4) is 0 Å². The Morgan fingerprint density at radius 1 is 1.15 bits per heavy atom. The van der Waals surface area contributed by atoms with Crippen LogP contribution in [-0.2, 0) is 4.79 Å². The molecule has 1 saturated carbocycles. The minimum atomic E-state index is -0.206. The van der Waals surface area contributed by atoms with Crippen molar-refractivity contribution in [3.8, 4) is 0 Å². The van der Waals surface area contributed by atoms with Crippen molar-refractivity contribution in [3.63, 3.8) is 0 Å². The fraction of sp³-hybridized carbons (Fsp3) is 0.938. The van der Waals surface area contributed by atoms with Crippen LogP contribution in [0.2, 0.25) is 0 Å². The quantitative estimate of drug-likeness (QED) is 0.774. The van der Waals surface area contributed by atoms with Crippen LogP contribution in [0.15, 0.2) is 0 Å². The van der Waals surface area contributed by atoms with Crippen LogP contribution in [0.1, 0.15) is 58.8 Å². The monoisotopic (exact) mass is 281 g/mol. The number of rotatable bonds is 4. The fourth-order valence-corrected chi connectivity index (χ4v) is 3.64. The van der Waals surface area contributed by atoms with Crippen molar-refractivity contribution in [2.75, 3.05) is 19.6 Å². The number of primary amides is 1. The number of carbonyl (C=O) groups excluding carboxylic acids is 1. The summed E-state index contributed by atoms with van der Waals surface area (Å²) in [4.78, 5) is 13.1. The van der Waals surface area contributed by atoms with Gasteiger partial charge in [-0.15, -0.1) is 0 Å². The molecule has 2 aliphatic rings. The average Bonchev–Trinajstić information content (AvgIpc) is 2.53. The Morgan fingerprint density at radius 2 is 1.80 bits per heavy atom. The van der Waals surface area contributed by atoms with Crippen molar-refractivity contribution < 1.29 is 4.79 Å². The molecule has 116 valence electrons. The largest absolute Gasteiger partial charge is 0.369 e. The molecule has 0 bridgehead atoms. The molecule has 1 amide bonds. The van der Waals surface area contributed by atoms with Crippen LogP contribution in [0.25, 0.3) is 0 Å². The van der Waals surface area contributed by atoms with E-state index >= 15 is 0 Å². The summed E-state index contributed by atoms with van der Waals surface area (Å²) in [6, 6.07) is 1.33. The van der Waals surface area contributed by atoms with Gasteiger partial charge < -0.3 is 11.1 Å². The number of piperidine rings is 1. The Hall–Kier alpha value is -0.610. The first kappa shape index (κ1) is 15.8. The van der Waals surface area contributed by atoms with E-state index in [2.05, 4.69) is 24.1 Å². The van der Waals surface area contributed by atoms with Crippen molar-refractivity contribution >= 4 is 5.91 Å². The summed E-state index contributed by atoms with van der Waals surface area (Å²) in [7, 11) is 0. The third-order valence-electron chi connectivity index (χ3n) is 5.01. The summed E-state index contributed by atoms with van der Waals surface area (Å²) in [6.07, 6.45) is 8.98. The minimum Gasteiger partial charge on any atom is -0.369 e. The smallest absolute Gasteiger partial charge is 0.231 e. The van der Waals surface area contributed by atoms with Gasteiger partial charge in [-0.05, 0) is 43.9 Å². The minimum absolute atomic E-state index is 0.206. The van der Waals surface area contributed by atoms with E-state index in [-0.39, 0.29) is 5.91 Å². The molecule has 1 aliphatic heterocycles. The Bertz CT molecular complexity index is 322. The topological polar surface area (TPSA) is 58.4 Å². The van der Waals surface area contributed by atoms with Crippen molar-refractivity contribution in [2.24, 2.45) is 11.1 Å². The molecular weight excluding hydrogens is 250 g/mol. The van der Waals surface area contributed by atoms with E-state index in [0.717, 1.165) is 25.9 Å². The predicted molar refractivity (Wildman–Crippen MR) is 82.4 cm³/mol. The Kier molecular flexibility index (Phi) is 5.44. The Labute approximate surface area is 123 Å². The van der Waals surface area contributed by atoms with Gasteiger partial charge in [-0.3, -0.25) is 9.69 Å². The highest BCUT2D eigenvalue weighted by Gasteiger charge is 2.27. The van der Waals surface area contributed by atoms with Crippen LogP contribution in [0.4, 0.5) is 0 Å². The number of likely N-dealkylation sites (tertiary alicyclic amines) is 1. The number of carbonyl (C=O) groups is 1. The molecule has 1 atom stereocenters. The zero-order valence-electron chi connectivity index (χ0n) is 13.2. The second kappa shape index (κ2) is 6.90. The second-order valence-corrected chi connectivity index (χ2v) is 7.48. The summed E-state index contributed by atoms with van der Waals surface area (Å²) in [5.74, 6) is -0.206. The Balaban J connectivity index is 1.71. The van der Waals surface area contributed by atoms with Gasteiger partial charge in [0, 0.05) is 25.2 Å².